The number of hydrogen-bond donors (Lipinski definition) is 2. The normalized spacial score (nSPS) is 11.9. The Morgan fingerprint density at radius 1 is 1.35 bits per heavy atom. The van der Waals surface area contributed by atoms with Gasteiger partial charge in [-0.25, -0.2) is 17.9 Å². The summed E-state index contributed by atoms with van der Waals surface area (Å²) in [4.78, 5) is 11.5. The van der Waals surface area contributed by atoms with Crippen LogP contribution in [0.1, 0.15) is 49.9 Å². The second-order valence-corrected chi connectivity index (χ2v) is 6.69. The monoisotopic (exact) mass is 368 g/mol. The minimum atomic E-state index is -3.85. The minimum absolute atomic E-state index is 0. The highest BCUT2D eigenvalue weighted by molar-refractivity contribution is 7.89. The van der Waals surface area contributed by atoms with Crippen LogP contribution in [0.2, 0.25) is 0 Å². The van der Waals surface area contributed by atoms with Crippen molar-refractivity contribution in [3.8, 4) is 0 Å². The number of ether oxygens (including phenoxy) is 1. The standard InChI is InChI=1S/C14H24N2O5S.ClH/c1-5-10-12(8-11(21-10)13(17)20-4)22(18,19)16-14(6-2,7-3)9-15;/h8,16H,5-7,9,15H2,1-4H3;1H. The van der Waals surface area contributed by atoms with Crippen molar-refractivity contribution < 1.29 is 22.4 Å². The van der Waals surface area contributed by atoms with E-state index in [1.165, 1.54) is 13.2 Å². The first-order valence-electron chi connectivity index (χ1n) is 7.24. The molecule has 0 aliphatic carbocycles. The summed E-state index contributed by atoms with van der Waals surface area (Å²) in [5, 5.41) is 0. The average Bonchev–Trinajstić information content (AvgIpc) is 2.97. The first kappa shape index (κ1) is 21.9. The third-order valence-electron chi connectivity index (χ3n) is 3.86. The Morgan fingerprint density at radius 2 is 1.91 bits per heavy atom. The number of methoxy groups -OCH3 is 1. The van der Waals surface area contributed by atoms with E-state index in [4.69, 9.17) is 10.2 Å². The van der Waals surface area contributed by atoms with Crippen LogP contribution >= 0.6 is 12.4 Å². The van der Waals surface area contributed by atoms with Gasteiger partial charge in [-0.2, -0.15) is 0 Å². The number of rotatable bonds is 8. The third-order valence-corrected chi connectivity index (χ3v) is 5.49. The summed E-state index contributed by atoms with van der Waals surface area (Å²) >= 11 is 0. The number of hydrogen-bond acceptors (Lipinski definition) is 6. The van der Waals surface area contributed by atoms with Crippen molar-refractivity contribution in [2.75, 3.05) is 13.7 Å². The number of carbonyl (C=O) groups excluding carboxylic acids is 1. The molecule has 0 unspecified atom stereocenters. The van der Waals surface area contributed by atoms with Crippen LogP contribution in [0.5, 0.6) is 0 Å². The van der Waals surface area contributed by atoms with Gasteiger partial charge in [0.2, 0.25) is 15.8 Å². The van der Waals surface area contributed by atoms with Crippen molar-refractivity contribution in [3.63, 3.8) is 0 Å². The van der Waals surface area contributed by atoms with Gasteiger partial charge in [-0.15, -0.1) is 12.4 Å². The molecule has 1 rings (SSSR count). The number of aryl methyl sites for hydroxylation is 1. The van der Waals surface area contributed by atoms with Crippen LogP contribution < -0.4 is 10.5 Å². The van der Waals surface area contributed by atoms with Crippen molar-refractivity contribution in [3.05, 3.63) is 17.6 Å². The number of sulfonamides is 1. The van der Waals surface area contributed by atoms with Gasteiger partial charge in [0, 0.05) is 24.6 Å². The molecule has 0 fully saturated rings. The van der Waals surface area contributed by atoms with Gasteiger partial charge in [0.15, 0.2) is 0 Å². The Labute approximate surface area is 143 Å². The van der Waals surface area contributed by atoms with Gasteiger partial charge in [0.1, 0.15) is 10.7 Å². The summed E-state index contributed by atoms with van der Waals surface area (Å²) in [6.45, 7) is 5.67. The van der Waals surface area contributed by atoms with Crippen molar-refractivity contribution >= 4 is 28.4 Å². The fourth-order valence-electron chi connectivity index (χ4n) is 2.15. The lowest BCUT2D eigenvalue weighted by atomic mass is 9.95. The van der Waals surface area contributed by atoms with Crippen LogP contribution in [0.4, 0.5) is 0 Å². The topological polar surface area (TPSA) is 112 Å². The lowest BCUT2D eigenvalue weighted by molar-refractivity contribution is 0.0563. The molecular weight excluding hydrogens is 344 g/mol. The molecule has 7 nitrogen and oxygen atoms in total. The molecule has 0 atom stereocenters. The SMILES string of the molecule is CCc1oc(C(=O)OC)cc1S(=O)(=O)NC(CC)(CC)CN.Cl. The van der Waals surface area contributed by atoms with Crippen LogP contribution in [0, 0.1) is 0 Å². The zero-order chi connectivity index (χ0) is 17.0. The van der Waals surface area contributed by atoms with E-state index in [1.807, 2.05) is 13.8 Å². The molecule has 23 heavy (non-hydrogen) atoms. The van der Waals surface area contributed by atoms with Gasteiger partial charge >= 0.3 is 5.97 Å². The van der Waals surface area contributed by atoms with Crippen LogP contribution in [0.25, 0.3) is 0 Å². The van der Waals surface area contributed by atoms with E-state index in [0.29, 0.717) is 19.3 Å². The molecule has 9 heteroatoms. The zero-order valence-electron chi connectivity index (χ0n) is 13.8. The Kier molecular flexibility index (Phi) is 8.26. The summed E-state index contributed by atoms with van der Waals surface area (Å²) < 4.78 is 37.8. The highest BCUT2D eigenvalue weighted by Gasteiger charge is 2.34. The van der Waals surface area contributed by atoms with Gasteiger partial charge in [-0.3, -0.25) is 0 Å². The van der Waals surface area contributed by atoms with Crippen molar-refractivity contribution in [1.29, 1.82) is 0 Å². The quantitative estimate of drug-likeness (QED) is 0.677. The smallest absolute Gasteiger partial charge is 0.373 e. The molecule has 3 N–H and O–H groups in total. The fourth-order valence-corrected chi connectivity index (χ4v) is 3.95. The molecule has 0 bridgehead atoms. The van der Waals surface area contributed by atoms with E-state index in [2.05, 4.69) is 9.46 Å². The van der Waals surface area contributed by atoms with E-state index in [9.17, 15) is 13.2 Å². The third kappa shape index (κ3) is 4.69. The Hall–Kier alpha value is -1.09. The van der Waals surface area contributed by atoms with Gasteiger partial charge < -0.3 is 14.9 Å². The first-order chi connectivity index (χ1) is 10.3. The molecule has 134 valence electrons. The molecule has 0 amide bonds. The second-order valence-electron chi connectivity index (χ2n) is 5.04. The minimum Gasteiger partial charge on any atom is -0.463 e. The van der Waals surface area contributed by atoms with Crippen molar-refractivity contribution in [1.82, 2.24) is 4.72 Å². The number of halogens is 1. The average molecular weight is 369 g/mol. The molecule has 0 aromatic carbocycles. The molecule has 0 radical (unpaired) electrons. The van der Waals surface area contributed by atoms with Crippen LogP contribution in [-0.2, 0) is 21.2 Å². The van der Waals surface area contributed by atoms with Crippen LogP contribution in [-0.4, -0.2) is 33.6 Å². The summed E-state index contributed by atoms with van der Waals surface area (Å²) in [6, 6.07) is 1.19. The lowest BCUT2D eigenvalue weighted by Crippen LogP contribution is -2.52. The fraction of sp³-hybridized carbons (Fsp3) is 0.643. The van der Waals surface area contributed by atoms with E-state index < -0.39 is 21.5 Å². The second kappa shape index (κ2) is 8.68. The van der Waals surface area contributed by atoms with E-state index in [1.54, 1.807) is 6.92 Å². The number of furan rings is 1. The van der Waals surface area contributed by atoms with Crippen LogP contribution in [0.3, 0.4) is 0 Å². The zero-order valence-corrected chi connectivity index (χ0v) is 15.5. The predicted octanol–water partition coefficient (Wildman–Crippen LogP) is 1.85. The summed E-state index contributed by atoms with van der Waals surface area (Å²) in [5.74, 6) is -0.635. The maximum absolute atomic E-state index is 12.6. The number of esters is 1. The Balaban J connectivity index is 0.00000484. The maximum Gasteiger partial charge on any atom is 0.373 e. The number of nitrogens with one attached hydrogen (secondary N) is 1. The predicted molar refractivity (Wildman–Crippen MR) is 89.4 cm³/mol. The molecule has 0 saturated carbocycles. The molecule has 0 spiro atoms. The Morgan fingerprint density at radius 3 is 2.30 bits per heavy atom. The van der Waals surface area contributed by atoms with Gasteiger partial charge in [-0.1, -0.05) is 20.8 Å². The molecule has 1 aromatic rings. The molecule has 0 saturated heterocycles. The lowest BCUT2D eigenvalue weighted by Gasteiger charge is -2.30. The Bertz CT molecular complexity index is 615. The summed E-state index contributed by atoms with van der Waals surface area (Å²) in [6.07, 6.45) is 1.45. The molecule has 0 aliphatic rings. The van der Waals surface area contributed by atoms with Gasteiger partial charge in [0.25, 0.3) is 0 Å². The summed E-state index contributed by atoms with van der Waals surface area (Å²) in [7, 11) is -2.64. The van der Waals surface area contributed by atoms with Crippen molar-refractivity contribution in [2.24, 2.45) is 5.73 Å². The van der Waals surface area contributed by atoms with Crippen LogP contribution in [0.15, 0.2) is 15.4 Å². The van der Waals surface area contributed by atoms with E-state index in [0.717, 1.165) is 0 Å². The first-order valence-corrected chi connectivity index (χ1v) is 8.72. The highest BCUT2D eigenvalue weighted by Crippen LogP contribution is 2.25. The molecule has 1 aromatic heterocycles. The molecule has 0 aliphatic heterocycles. The van der Waals surface area contributed by atoms with E-state index >= 15 is 0 Å². The largest absolute Gasteiger partial charge is 0.463 e. The maximum atomic E-state index is 12.6. The van der Waals surface area contributed by atoms with Gasteiger partial charge in [-0.05, 0) is 12.8 Å². The molecular formula is C14H25ClN2O5S. The van der Waals surface area contributed by atoms with Gasteiger partial charge in [0.05, 0.1) is 7.11 Å². The van der Waals surface area contributed by atoms with Crippen molar-refractivity contribution in [2.45, 2.75) is 50.5 Å². The number of carbonyl (C=O) groups is 1. The highest BCUT2D eigenvalue weighted by atomic mass is 35.5. The van der Waals surface area contributed by atoms with E-state index in [-0.39, 0.29) is 35.4 Å². The molecule has 1 heterocycles. The summed E-state index contributed by atoms with van der Waals surface area (Å²) in [5.41, 5.74) is 5.02. The number of nitrogens with two attached hydrogens (primary N) is 1.